The van der Waals surface area contributed by atoms with Crippen LogP contribution < -0.4 is 15.0 Å². The Morgan fingerprint density at radius 2 is 1.51 bits per heavy atom. The van der Waals surface area contributed by atoms with Crippen LogP contribution >= 0.6 is 11.3 Å². The molecule has 4 rings (SSSR count). The topological polar surface area (TPSA) is 15.3 Å². The number of nitrogens with one attached hydrogen (secondary N) is 1. The van der Waals surface area contributed by atoms with Crippen LogP contribution in [0, 0.1) is 27.6 Å². The molecular formula is C64H96BN2S. The van der Waals surface area contributed by atoms with Gasteiger partial charge in [-0.3, -0.25) is 0 Å². The molecule has 1 N–H and O–H groups in total. The normalized spacial score (nSPS) is 21.4. The Morgan fingerprint density at radius 3 is 2.09 bits per heavy atom. The highest BCUT2D eigenvalue weighted by Gasteiger charge is 2.38. The fraction of sp³-hybridized carbons (Fsp3) is 0.562. The van der Waals surface area contributed by atoms with Crippen molar-refractivity contribution in [2.45, 2.75) is 200 Å². The van der Waals surface area contributed by atoms with E-state index < -0.39 is 0 Å². The highest BCUT2D eigenvalue weighted by atomic mass is 32.1. The molecule has 0 saturated carbocycles. The predicted molar refractivity (Wildman–Crippen MR) is 310 cm³/mol. The van der Waals surface area contributed by atoms with E-state index >= 15 is 0 Å². The van der Waals surface area contributed by atoms with Gasteiger partial charge in [-0.1, -0.05) is 179 Å². The minimum atomic E-state index is 0.0694. The molecule has 0 spiro atoms. The maximum absolute atomic E-state index is 4.26. The average Bonchev–Trinajstić information content (AvgIpc) is 3.59. The van der Waals surface area contributed by atoms with Gasteiger partial charge in [-0.05, 0) is 173 Å². The highest BCUT2D eigenvalue weighted by molar-refractivity contribution is 7.28. The smallest absolute Gasteiger partial charge is 0.198 e. The van der Waals surface area contributed by atoms with Crippen LogP contribution in [0.5, 0.6) is 0 Å². The number of benzene rings is 1. The maximum atomic E-state index is 4.26. The van der Waals surface area contributed by atoms with Gasteiger partial charge in [-0.15, -0.1) is 17.3 Å². The summed E-state index contributed by atoms with van der Waals surface area (Å²) < 4.78 is 2.64. The van der Waals surface area contributed by atoms with Crippen LogP contribution in [0.3, 0.4) is 0 Å². The Balaban J connectivity index is 2.09. The summed E-state index contributed by atoms with van der Waals surface area (Å²) in [5.41, 5.74) is 12.4. The lowest BCUT2D eigenvalue weighted by atomic mass is 9.63. The summed E-state index contributed by atoms with van der Waals surface area (Å²) in [7, 11) is 2.39. The van der Waals surface area contributed by atoms with Crippen LogP contribution in [-0.2, 0) is 10.8 Å². The fourth-order valence-corrected chi connectivity index (χ4v) is 11.0. The Kier molecular flexibility index (Phi) is 19.6. The predicted octanol–water partition coefficient (Wildman–Crippen LogP) is 18.8. The van der Waals surface area contributed by atoms with E-state index in [-0.39, 0.29) is 32.5 Å². The van der Waals surface area contributed by atoms with E-state index in [9.17, 15) is 0 Å². The average molecular weight is 936 g/mol. The first-order valence-corrected chi connectivity index (χ1v) is 27.2. The minimum Gasteiger partial charge on any atom is -0.356 e. The first-order chi connectivity index (χ1) is 31.5. The molecule has 4 heteroatoms. The molecule has 2 aliphatic rings. The third-order valence-corrected chi connectivity index (χ3v) is 15.7. The SMILES string of the molecule is C=C/C(=C\C=C\[B]c1sc2cc3c(cc2c1N(C/C=C(\C=C/C)NC1=C(C)/C=C/C(C)(C)CCC(C)(C)\C=C\1)C(/C=C\CC(C)C)=C(\C)CC(C)(C)C)C(C)(C)CCC3(C)C)C(C)(C)CCCC. The van der Waals surface area contributed by atoms with Crippen LogP contribution in [0.25, 0.3) is 10.1 Å². The van der Waals surface area contributed by atoms with Gasteiger partial charge in [0.15, 0.2) is 7.28 Å². The van der Waals surface area contributed by atoms with Crippen molar-refractivity contribution in [3.05, 3.63) is 143 Å². The number of hydrogen-bond acceptors (Lipinski definition) is 3. The maximum Gasteiger partial charge on any atom is 0.198 e. The first kappa shape index (κ1) is 56.8. The van der Waals surface area contributed by atoms with Gasteiger partial charge in [0.25, 0.3) is 0 Å². The molecule has 68 heavy (non-hydrogen) atoms. The van der Waals surface area contributed by atoms with E-state index in [0.717, 1.165) is 43.5 Å². The largest absolute Gasteiger partial charge is 0.356 e. The van der Waals surface area contributed by atoms with Crippen molar-refractivity contribution in [3.63, 3.8) is 0 Å². The first-order valence-electron chi connectivity index (χ1n) is 26.3. The van der Waals surface area contributed by atoms with Crippen LogP contribution in [0.1, 0.15) is 200 Å². The van der Waals surface area contributed by atoms with Gasteiger partial charge in [-0.2, -0.15) is 0 Å². The summed E-state index contributed by atoms with van der Waals surface area (Å²) >= 11 is 1.95. The second kappa shape index (κ2) is 23.4. The van der Waals surface area contributed by atoms with Crippen LogP contribution in [0.2, 0.25) is 0 Å². The number of unbranched alkanes of at least 4 members (excludes halogenated alkanes) is 1. The van der Waals surface area contributed by atoms with Gasteiger partial charge >= 0.3 is 0 Å². The number of fused-ring (bicyclic) bond motifs is 2. The van der Waals surface area contributed by atoms with E-state index in [1.165, 1.54) is 79.8 Å². The lowest BCUT2D eigenvalue weighted by Gasteiger charge is -2.42. The van der Waals surface area contributed by atoms with E-state index in [1.807, 2.05) is 11.3 Å². The summed E-state index contributed by atoms with van der Waals surface area (Å²) in [6.07, 6.45) is 38.1. The number of hydrogen-bond donors (Lipinski definition) is 1. The molecule has 1 radical (unpaired) electrons. The summed E-state index contributed by atoms with van der Waals surface area (Å²) in [5, 5.41) is 5.32. The minimum absolute atomic E-state index is 0.0694. The Labute approximate surface area is 424 Å². The third-order valence-electron chi connectivity index (χ3n) is 14.6. The highest BCUT2D eigenvalue weighted by Crippen LogP contribution is 2.49. The van der Waals surface area contributed by atoms with Gasteiger partial charge in [0.2, 0.25) is 0 Å². The molecule has 0 bridgehead atoms. The summed E-state index contributed by atoms with van der Waals surface area (Å²) in [6, 6.07) is 5.18. The molecule has 0 atom stereocenters. The molecule has 2 nitrogen and oxygen atoms in total. The molecular weight excluding hydrogens is 840 g/mol. The van der Waals surface area contributed by atoms with E-state index in [4.69, 9.17) is 0 Å². The van der Waals surface area contributed by atoms with E-state index in [2.05, 4.69) is 247 Å². The van der Waals surface area contributed by atoms with Gasteiger partial charge in [-0.25, -0.2) is 0 Å². The lowest BCUT2D eigenvalue weighted by Crippen LogP contribution is -2.33. The monoisotopic (exact) mass is 936 g/mol. The summed E-state index contributed by atoms with van der Waals surface area (Å²) in [5.74, 6) is 2.84. The number of anilines is 1. The second-order valence-electron chi connectivity index (χ2n) is 25.4. The summed E-state index contributed by atoms with van der Waals surface area (Å²) in [6.45, 7) is 49.8. The van der Waals surface area contributed by atoms with Crippen molar-refractivity contribution in [2.24, 2.45) is 27.6 Å². The molecule has 371 valence electrons. The van der Waals surface area contributed by atoms with Gasteiger partial charge in [0.05, 0.1) is 5.69 Å². The van der Waals surface area contributed by atoms with Crippen LogP contribution in [0.4, 0.5) is 5.69 Å². The van der Waals surface area contributed by atoms with Gasteiger partial charge in [0.1, 0.15) is 0 Å². The van der Waals surface area contributed by atoms with Crippen LogP contribution in [-0.4, -0.2) is 13.8 Å². The molecule has 1 aromatic carbocycles. The second-order valence-corrected chi connectivity index (χ2v) is 26.5. The standard InChI is InChI=1S/C64H96BN2S/c1-21-24-34-62(15,16)49(23-3)29-26-41-65-58-57(51-43-52-53(44-56(51)68-58)64(19,20)40-39-63(52,17)18)67(55(30-25-28-46(4)5)48(7)45-59(8,9)10)42-33-50(27-22-2)66-54-32-36-61(13,14)38-37-60(11,12)35-31-47(54)6/h22-23,25-27,29-33,35-36,41,43-44,46,66H,3,21,24,28,34,37-40,42,45H2,1-2,4-20H3/b27-22-,30-25-,35-31+,36-32+,41-26+,49-29+,50-33+,54-47+,55-48+. The molecule has 2 aromatic rings. The molecule has 0 aliphatic heterocycles. The molecule has 0 amide bonds. The van der Waals surface area contributed by atoms with Crippen molar-refractivity contribution in [1.29, 1.82) is 0 Å². The number of rotatable bonds is 19. The zero-order chi connectivity index (χ0) is 50.9. The van der Waals surface area contributed by atoms with Gasteiger partial charge < -0.3 is 10.2 Å². The zero-order valence-corrected chi connectivity index (χ0v) is 47.8. The lowest BCUT2D eigenvalue weighted by molar-refractivity contribution is 0.330. The number of nitrogens with zero attached hydrogens (tertiary/aromatic N) is 1. The fourth-order valence-electron chi connectivity index (χ4n) is 9.82. The van der Waals surface area contributed by atoms with Crippen molar-refractivity contribution >= 4 is 39.2 Å². The molecule has 0 fully saturated rings. The van der Waals surface area contributed by atoms with Gasteiger partial charge in [0, 0.05) is 33.7 Å². The number of allylic oxidation sites excluding steroid dienone is 14. The summed E-state index contributed by atoms with van der Waals surface area (Å²) in [4.78, 5) is 2.67. The Bertz CT molecular complexity index is 2340. The van der Waals surface area contributed by atoms with E-state index in [0.29, 0.717) is 12.5 Å². The molecule has 2 aliphatic carbocycles. The third kappa shape index (κ3) is 15.9. The Morgan fingerprint density at radius 1 is 0.897 bits per heavy atom. The quantitative estimate of drug-likeness (QED) is 0.112. The van der Waals surface area contributed by atoms with Crippen molar-refractivity contribution in [3.8, 4) is 0 Å². The molecule has 1 heterocycles. The zero-order valence-electron chi connectivity index (χ0n) is 46.9. The molecule has 0 saturated heterocycles. The number of thiophene rings is 1. The van der Waals surface area contributed by atoms with Crippen LogP contribution in [0.15, 0.2) is 131 Å². The van der Waals surface area contributed by atoms with Crippen molar-refractivity contribution in [1.82, 2.24) is 5.32 Å². The van der Waals surface area contributed by atoms with Crippen molar-refractivity contribution in [2.75, 3.05) is 11.4 Å². The van der Waals surface area contributed by atoms with Crippen molar-refractivity contribution < 1.29 is 0 Å². The Hall–Kier alpha value is -3.76. The molecule has 1 aromatic heterocycles. The molecule has 0 unspecified atom stereocenters. The van der Waals surface area contributed by atoms with E-state index in [1.54, 1.807) is 0 Å².